The lowest BCUT2D eigenvalue weighted by molar-refractivity contribution is -0.137. The van der Waals surface area contributed by atoms with Gasteiger partial charge in [0.05, 0.1) is 16.8 Å². The highest BCUT2D eigenvalue weighted by atomic mass is 79.9. The van der Waals surface area contributed by atoms with Crippen LogP contribution >= 0.6 is 15.9 Å². The number of alkyl halides is 4. The van der Waals surface area contributed by atoms with Crippen molar-refractivity contribution in [2.45, 2.75) is 50.4 Å². The van der Waals surface area contributed by atoms with E-state index in [-0.39, 0.29) is 16.4 Å². The Bertz CT molecular complexity index is 527. The topological polar surface area (TPSA) is 49.7 Å². The number of aliphatic hydroxyl groups is 1. The highest BCUT2D eigenvalue weighted by Crippen LogP contribution is 2.30. The molecule has 0 radical (unpaired) electrons. The van der Waals surface area contributed by atoms with Crippen LogP contribution in [0.15, 0.2) is 18.2 Å². The normalized spacial score (nSPS) is 13.4. The SMILES string of the molecule is CC(C)(O)C(C)(C)OB(O)c1ccc(C(F)(F)F)cc1CBr. The summed E-state index contributed by atoms with van der Waals surface area (Å²) in [6, 6.07) is 3.05. The molecular formula is C14H19BBrF3O3. The van der Waals surface area contributed by atoms with E-state index in [1.165, 1.54) is 19.9 Å². The number of hydrogen-bond acceptors (Lipinski definition) is 3. The molecule has 124 valence electrons. The molecule has 22 heavy (non-hydrogen) atoms. The maximum absolute atomic E-state index is 12.7. The van der Waals surface area contributed by atoms with Crippen molar-refractivity contribution in [1.82, 2.24) is 0 Å². The summed E-state index contributed by atoms with van der Waals surface area (Å²) in [6.45, 7) is 6.23. The van der Waals surface area contributed by atoms with Crippen molar-refractivity contribution < 1.29 is 28.0 Å². The van der Waals surface area contributed by atoms with Crippen LogP contribution < -0.4 is 5.46 Å². The molecule has 0 aliphatic carbocycles. The molecule has 3 nitrogen and oxygen atoms in total. The molecule has 8 heteroatoms. The Labute approximate surface area is 136 Å². The molecule has 0 aliphatic heterocycles. The summed E-state index contributed by atoms with van der Waals surface area (Å²) in [5, 5.41) is 20.3. The molecule has 0 heterocycles. The maximum Gasteiger partial charge on any atom is 0.491 e. The Morgan fingerprint density at radius 2 is 1.73 bits per heavy atom. The monoisotopic (exact) mass is 382 g/mol. The molecule has 0 fully saturated rings. The average Bonchev–Trinajstić information content (AvgIpc) is 2.34. The average molecular weight is 383 g/mol. The van der Waals surface area contributed by atoms with Gasteiger partial charge < -0.3 is 14.8 Å². The van der Waals surface area contributed by atoms with Crippen LogP contribution in [0.5, 0.6) is 0 Å². The largest absolute Gasteiger partial charge is 0.491 e. The highest BCUT2D eigenvalue weighted by Gasteiger charge is 2.40. The molecular weight excluding hydrogens is 364 g/mol. The van der Waals surface area contributed by atoms with E-state index in [0.717, 1.165) is 12.1 Å². The van der Waals surface area contributed by atoms with E-state index in [9.17, 15) is 23.3 Å². The molecule has 0 saturated carbocycles. The van der Waals surface area contributed by atoms with Gasteiger partial charge in [-0.25, -0.2) is 0 Å². The fraction of sp³-hybridized carbons (Fsp3) is 0.571. The molecule has 0 bridgehead atoms. The number of benzene rings is 1. The predicted molar refractivity (Wildman–Crippen MR) is 83.1 cm³/mol. The van der Waals surface area contributed by atoms with Gasteiger partial charge in [-0.05, 0) is 44.8 Å². The van der Waals surface area contributed by atoms with Gasteiger partial charge in [0.25, 0.3) is 0 Å². The zero-order chi connectivity index (χ0) is 17.3. The second-order valence-corrected chi connectivity index (χ2v) is 6.65. The van der Waals surface area contributed by atoms with Crippen LogP contribution in [0, 0.1) is 0 Å². The quantitative estimate of drug-likeness (QED) is 0.608. The van der Waals surface area contributed by atoms with Crippen molar-refractivity contribution in [2.24, 2.45) is 0 Å². The van der Waals surface area contributed by atoms with E-state index < -0.39 is 30.1 Å². The molecule has 0 atom stereocenters. The molecule has 1 aromatic carbocycles. The zero-order valence-electron chi connectivity index (χ0n) is 12.8. The lowest BCUT2D eigenvalue weighted by Crippen LogP contribution is -2.53. The molecule has 0 unspecified atom stereocenters. The maximum atomic E-state index is 12.7. The standard InChI is InChI=1S/C14H19BBrF3O3/c1-12(2,20)13(3,4)22-15(21)11-6-5-10(14(17,18)19)7-9(11)8-16/h5-7,20-21H,8H2,1-4H3. The summed E-state index contributed by atoms with van der Waals surface area (Å²) >= 11 is 3.11. The molecule has 0 aliphatic rings. The van der Waals surface area contributed by atoms with Crippen LogP contribution in [-0.4, -0.2) is 28.5 Å². The molecule has 0 aromatic heterocycles. The van der Waals surface area contributed by atoms with Crippen molar-refractivity contribution in [2.75, 3.05) is 0 Å². The summed E-state index contributed by atoms with van der Waals surface area (Å²) in [4.78, 5) is 0. The van der Waals surface area contributed by atoms with Crippen molar-refractivity contribution in [3.63, 3.8) is 0 Å². The van der Waals surface area contributed by atoms with Gasteiger partial charge in [-0.15, -0.1) is 0 Å². The third kappa shape index (κ3) is 4.47. The number of halogens is 4. The minimum absolute atomic E-state index is 0.135. The van der Waals surface area contributed by atoms with Crippen LogP contribution in [0.2, 0.25) is 0 Å². The van der Waals surface area contributed by atoms with Crippen molar-refractivity contribution in [3.05, 3.63) is 29.3 Å². The van der Waals surface area contributed by atoms with E-state index in [1.807, 2.05) is 0 Å². The first-order chi connectivity index (χ1) is 9.79. The third-order valence-corrected chi connectivity index (χ3v) is 4.36. The van der Waals surface area contributed by atoms with Gasteiger partial charge in [-0.2, -0.15) is 13.2 Å². The number of hydrogen-bond donors (Lipinski definition) is 2. The van der Waals surface area contributed by atoms with Crippen LogP contribution in [0.25, 0.3) is 0 Å². The first-order valence-electron chi connectivity index (χ1n) is 6.64. The van der Waals surface area contributed by atoms with E-state index in [1.54, 1.807) is 13.8 Å². The van der Waals surface area contributed by atoms with Gasteiger partial charge in [0.15, 0.2) is 0 Å². The molecule has 0 spiro atoms. The van der Waals surface area contributed by atoms with E-state index in [2.05, 4.69) is 15.9 Å². The van der Waals surface area contributed by atoms with E-state index >= 15 is 0 Å². The fourth-order valence-electron chi connectivity index (χ4n) is 1.63. The second-order valence-electron chi connectivity index (χ2n) is 6.08. The highest BCUT2D eigenvalue weighted by molar-refractivity contribution is 9.08. The Hall–Kier alpha value is -0.565. The van der Waals surface area contributed by atoms with Crippen molar-refractivity contribution in [3.8, 4) is 0 Å². The molecule has 0 amide bonds. The summed E-state index contributed by atoms with van der Waals surface area (Å²) in [6.07, 6.45) is -4.45. The fourth-order valence-corrected chi connectivity index (χ4v) is 2.11. The zero-order valence-corrected chi connectivity index (χ0v) is 14.4. The van der Waals surface area contributed by atoms with Crippen molar-refractivity contribution in [1.29, 1.82) is 0 Å². The van der Waals surface area contributed by atoms with E-state index in [0.29, 0.717) is 0 Å². The van der Waals surface area contributed by atoms with Crippen LogP contribution in [0.3, 0.4) is 0 Å². The van der Waals surface area contributed by atoms with Crippen molar-refractivity contribution >= 4 is 28.5 Å². The number of rotatable bonds is 5. The first kappa shape index (κ1) is 19.5. The Morgan fingerprint density at radius 3 is 2.14 bits per heavy atom. The molecule has 2 N–H and O–H groups in total. The molecule has 0 saturated heterocycles. The Morgan fingerprint density at radius 1 is 1.18 bits per heavy atom. The summed E-state index contributed by atoms with van der Waals surface area (Å²) < 4.78 is 43.6. The summed E-state index contributed by atoms with van der Waals surface area (Å²) in [5.74, 6) is 0. The smallest absolute Gasteiger partial charge is 0.423 e. The van der Waals surface area contributed by atoms with Gasteiger partial charge >= 0.3 is 13.3 Å². The lowest BCUT2D eigenvalue weighted by atomic mass is 9.74. The van der Waals surface area contributed by atoms with Gasteiger partial charge in [0.2, 0.25) is 0 Å². The minimum Gasteiger partial charge on any atom is -0.423 e. The van der Waals surface area contributed by atoms with Gasteiger partial charge in [0, 0.05) is 5.33 Å². The first-order valence-corrected chi connectivity index (χ1v) is 7.76. The Balaban J connectivity index is 3.11. The van der Waals surface area contributed by atoms with Crippen LogP contribution in [-0.2, 0) is 16.2 Å². The lowest BCUT2D eigenvalue weighted by Gasteiger charge is -2.38. The van der Waals surface area contributed by atoms with Gasteiger partial charge in [-0.3, -0.25) is 0 Å². The second kappa shape index (κ2) is 6.51. The van der Waals surface area contributed by atoms with Gasteiger partial charge in [0.1, 0.15) is 0 Å². The molecule has 1 rings (SSSR count). The van der Waals surface area contributed by atoms with Gasteiger partial charge in [-0.1, -0.05) is 28.1 Å². The summed E-state index contributed by atoms with van der Waals surface area (Å²) in [7, 11) is -1.45. The third-order valence-electron chi connectivity index (χ3n) is 3.76. The van der Waals surface area contributed by atoms with Crippen LogP contribution in [0.1, 0.15) is 38.8 Å². The van der Waals surface area contributed by atoms with Crippen LogP contribution in [0.4, 0.5) is 13.2 Å². The Kier molecular flexibility index (Phi) is 5.76. The summed E-state index contributed by atoms with van der Waals surface area (Å²) in [5.41, 5.74) is -2.64. The minimum atomic E-state index is -4.45. The van der Waals surface area contributed by atoms with E-state index in [4.69, 9.17) is 4.65 Å². The molecule has 1 aromatic rings. The predicted octanol–water partition coefficient (Wildman–Crippen LogP) is 2.85.